The minimum atomic E-state index is 0.217. The minimum absolute atomic E-state index is 0.217. The smallest absolute Gasteiger partial charge is 0.170 e. The molecule has 0 fully saturated rings. The van der Waals surface area contributed by atoms with E-state index in [4.69, 9.17) is 0 Å². The molecule has 0 spiro atoms. The summed E-state index contributed by atoms with van der Waals surface area (Å²) in [6.07, 6.45) is 9.13. The van der Waals surface area contributed by atoms with Crippen LogP contribution in [-0.2, 0) is 4.79 Å². The van der Waals surface area contributed by atoms with Crippen molar-refractivity contribution in [3.05, 3.63) is 29.5 Å². The molecule has 12 heavy (non-hydrogen) atoms. The lowest BCUT2D eigenvalue weighted by Crippen LogP contribution is -1.99. The van der Waals surface area contributed by atoms with Crippen LogP contribution < -0.4 is 0 Å². The van der Waals surface area contributed by atoms with Crippen molar-refractivity contribution in [2.75, 3.05) is 12.0 Å². The van der Waals surface area contributed by atoms with E-state index >= 15 is 0 Å². The fourth-order valence-electron chi connectivity index (χ4n) is 1.02. The molecule has 0 atom stereocenters. The number of thioether (sulfide) groups is 1. The largest absolute Gasteiger partial charge is 0.293 e. The molecular formula is C10H12OS. The number of carbonyl (C=O) groups is 1. The zero-order valence-corrected chi connectivity index (χ0v) is 7.99. The summed E-state index contributed by atoms with van der Waals surface area (Å²) in [5.74, 6) is 1.28. The van der Waals surface area contributed by atoms with Crippen LogP contribution in [0.25, 0.3) is 0 Å². The third-order valence-corrected chi connectivity index (χ3v) is 2.35. The van der Waals surface area contributed by atoms with Crippen LogP contribution in [0.5, 0.6) is 0 Å². The highest BCUT2D eigenvalue weighted by atomic mass is 32.2. The van der Waals surface area contributed by atoms with Gasteiger partial charge < -0.3 is 0 Å². The Kier molecular flexibility index (Phi) is 3.92. The van der Waals surface area contributed by atoms with Crippen molar-refractivity contribution in [3.8, 4) is 0 Å². The zero-order chi connectivity index (χ0) is 8.81. The highest BCUT2D eigenvalue weighted by molar-refractivity contribution is 7.98. The maximum absolute atomic E-state index is 11.3. The van der Waals surface area contributed by atoms with Crippen LogP contribution in [-0.4, -0.2) is 17.8 Å². The van der Waals surface area contributed by atoms with Crippen LogP contribution in [0.1, 0.15) is 12.8 Å². The summed E-state index contributed by atoms with van der Waals surface area (Å²) in [6, 6.07) is 0. The molecule has 0 N–H and O–H groups in total. The van der Waals surface area contributed by atoms with Crippen molar-refractivity contribution in [1.82, 2.24) is 0 Å². The van der Waals surface area contributed by atoms with E-state index in [1.54, 1.807) is 17.8 Å². The molecule has 2 heteroatoms. The monoisotopic (exact) mass is 180 g/mol. The molecule has 0 saturated carbocycles. The molecule has 1 aliphatic carbocycles. The first-order valence-electron chi connectivity index (χ1n) is 4.00. The SMILES string of the molecule is CSCCCC(=O)C1=C=CC=C1. The predicted octanol–water partition coefficient (Wildman–Crippen LogP) is 2.35. The van der Waals surface area contributed by atoms with Crippen molar-refractivity contribution >= 4 is 17.5 Å². The lowest BCUT2D eigenvalue weighted by atomic mass is 10.1. The Morgan fingerprint density at radius 1 is 1.67 bits per heavy atom. The topological polar surface area (TPSA) is 17.1 Å². The highest BCUT2D eigenvalue weighted by Crippen LogP contribution is 2.08. The van der Waals surface area contributed by atoms with Crippen molar-refractivity contribution < 1.29 is 4.79 Å². The molecule has 0 bridgehead atoms. The number of ketones is 1. The van der Waals surface area contributed by atoms with Gasteiger partial charge in [-0.2, -0.15) is 11.8 Å². The lowest BCUT2D eigenvalue weighted by Gasteiger charge is -1.96. The average Bonchev–Trinajstić information content (AvgIpc) is 2.56. The summed E-state index contributed by atoms with van der Waals surface area (Å²) in [5.41, 5.74) is 3.64. The maximum Gasteiger partial charge on any atom is 0.170 e. The van der Waals surface area contributed by atoms with Crippen LogP contribution >= 0.6 is 11.8 Å². The fraction of sp³-hybridized carbons (Fsp3) is 0.400. The first-order chi connectivity index (χ1) is 5.84. The van der Waals surface area contributed by atoms with Gasteiger partial charge in [-0.25, -0.2) is 0 Å². The van der Waals surface area contributed by atoms with Gasteiger partial charge in [0.05, 0.1) is 5.57 Å². The van der Waals surface area contributed by atoms with Crippen molar-refractivity contribution in [2.45, 2.75) is 12.8 Å². The number of allylic oxidation sites excluding steroid dienone is 3. The number of hydrogen-bond acceptors (Lipinski definition) is 2. The van der Waals surface area contributed by atoms with E-state index in [-0.39, 0.29) is 5.78 Å². The van der Waals surface area contributed by atoms with Gasteiger partial charge in [-0.05, 0) is 30.6 Å². The highest BCUT2D eigenvalue weighted by Gasteiger charge is 2.06. The quantitative estimate of drug-likeness (QED) is 0.477. The molecule has 1 nitrogen and oxygen atoms in total. The summed E-state index contributed by atoms with van der Waals surface area (Å²) < 4.78 is 0. The Morgan fingerprint density at radius 2 is 2.50 bits per heavy atom. The Balaban J connectivity index is 2.29. The lowest BCUT2D eigenvalue weighted by molar-refractivity contribution is -0.115. The Bertz CT molecular complexity index is 257. The molecule has 1 rings (SSSR count). The molecule has 0 amide bonds. The molecule has 1 aliphatic rings. The second kappa shape index (κ2) is 5.02. The molecule has 0 heterocycles. The van der Waals surface area contributed by atoms with E-state index in [2.05, 4.69) is 12.0 Å². The molecule has 0 aromatic carbocycles. The first kappa shape index (κ1) is 9.37. The molecule has 0 radical (unpaired) electrons. The second-order valence-corrected chi connectivity index (χ2v) is 3.59. The summed E-state index contributed by atoms with van der Waals surface area (Å²) in [7, 11) is 0. The van der Waals surface area contributed by atoms with Crippen LogP contribution in [0.4, 0.5) is 0 Å². The molecule has 64 valence electrons. The van der Waals surface area contributed by atoms with Crippen LogP contribution in [0.3, 0.4) is 0 Å². The maximum atomic E-state index is 11.3. The molecule has 0 aromatic heterocycles. The van der Waals surface area contributed by atoms with Crippen molar-refractivity contribution in [1.29, 1.82) is 0 Å². The van der Waals surface area contributed by atoms with Crippen molar-refractivity contribution in [3.63, 3.8) is 0 Å². The summed E-state index contributed by atoms with van der Waals surface area (Å²) >= 11 is 1.78. The summed E-state index contributed by atoms with van der Waals surface area (Å²) in [4.78, 5) is 11.3. The predicted molar refractivity (Wildman–Crippen MR) is 53.4 cm³/mol. The van der Waals surface area contributed by atoms with E-state index in [0.29, 0.717) is 6.42 Å². The van der Waals surface area contributed by atoms with E-state index < -0.39 is 0 Å². The Labute approximate surface area is 77.2 Å². The Morgan fingerprint density at radius 3 is 3.08 bits per heavy atom. The van der Waals surface area contributed by atoms with Gasteiger partial charge in [0.1, 0.15) is 0 Å². The van der Waals surface area contributed by atoms with Gasteiger partial charge in [0.15, 0.2) is 5.78 Å². The van der Waals surface area contributed by atoms with Crippen LogP contribution in [0, 0.1) is 0 Å². The number of Topliss-reactive ketones (excluding diaryl/α,β-unsaturated/α-hetero) is 1. The zero-order valence-electron chi connectivity index (χ0n) is 7.17. The van der Waals surface area contributed by atoms with Crippen LogP contribution in [0.2, 0.25) is 0 Å². The third-order valence-electron chi connectivity index (χ3n) is 1.65. The normalized spacial score (nSPS) is 13.6. The van der Waals surface area contributed by atoms with Gasteiger partial charge in [0, 0.05) is 6.42 Å². The molecular weight excluding hydrogens is 168 g/mol. The van der Waals surface area contributed by atoms with E-state index in [0.717, 1.165) is 17.7 Å². The molecule has 0 aromatic rings. The van der Waals surface area contributed by atoms with E-state index in [1.807, 2.05) is 12.2 Å². The standard InChI is InChI=1S/C10H12OS/c1-12-8-4-7-10(11)9-5-2-3-6-9/h2-3,5H,4,7-8H2,1H3. The minimum Gasteiger partial charge on any atom is -0.293 e. The van der Waals surface area contributed by atoms with Crippen molar-refractivity contribution in [2.24, 2.45) is 0 Å². The molecule has 0 aliphatic heterocycles. The first-order valence-corrected chi connectivity index (χ1v) is 5.39. The Hall–Kier alpha value is -0.720. The fourth-order valence-corrected chi connectivity index (χ4v) is 1.45. The van der Waals surface area contributed by atoms with Gasteiger partial charge in [-0.1, -0.05) is 6.08 Å². The van der Waals surface area contributed by atoms with Gasteiger partial charge in [-0.3, -0.25) is 4.79 Å². The molecule has 0 unspecified atom stereocenters. The van der Waals surface area contributed by atoms with Gasteiger partial charge in [-0.15, -0.1) is 5.73 Å². The van der Waals surface area contributed by atoms with E-state index in [9.17, 15) is 4.79 Å². The summed E-state index contributed by atoms with van der Waals surface area (Å²) in [5, 5.41) is 0. The number of hydrogen-bond donors (Lipinski definition) is 0. The van der Waals surface area contributed by atoms with E-state index in [1.165, 1.54) is 0 Å². The van der Waals surface area contributed by atoms with Gasteiger partial charge in [0.25, 0.3) is 0 Å². The number of rotatable bonds is 5. The average molecular weight is 180 g/mol. The second-order valence-electron chi connectivity index (χ2n) is 2.60. The number of carbonyl (C=O) groups excluding carboxylic acids is 1. The summed E-state index contributed by atoms with van der Waals surface area (Å²) in [6.45, 7) is 0. The van der Waals surface area contributed by atoms with Gasteiger partial charge >= 0.3 is 0 Å². The third kappa shape index (κ3) is 2.72. The van der Waals surface area contributed by atoms with Crippen LogP contribution in [0.15, 0.2) is 29.5 Å². The van der Waals surface area contributed by atoms with Gasteiger partial charge in [0.2, 0.25) is 0 Å². The molecule has 0 saturated heterocycles.